The summed E-state index contributed by atoms with van der Waals surface area (Å²) >= 11 is 0. The maximum atomic E-state index is 12.4. The van der Waals surface area contributed by atoms with Gasteiger partial charge in [-0.3, -0.25) is 4.79 Å². The van der Waals surface area contributed by atoms with Gasteiger partial charge in [0.1, 0.15) is 10.6 Å². The number of aromatic nitrogens is 1. The largest absolute Gasteiger partial charge is 0.348 e. The molecule has 0 atom stereocenters. The fourth-order valence-corrected chi connectivity index (χ4v) is 3.49. The van der Waals surface area contributed by atoms with Gasteiger partial charge in [0.25, 0.3) is 5.91 Å². The third kappa shape index (κ3) is 3.29. The molecule has 116 valence electrons. The Balaban J connectivity index is 1.82. The number of primary sulfonamides is 1. The molecule has 0 radical (unpaired) electrons. The van der Waals surface area contributed by atoms with E-state index in [9.17, 15) is 13.2 Å². The second kappa shape index (κ2) is 5.46. The number of hydrogen-bond acceptors (Lipinski definition) is 3. The van der Waals surface area contributed by atoms with Crippen LogP contribution in [0.4, 0.5) is 0 Å². The van der Waals surface area contributed by atoms with Crippen LogP contribution in [0.1, 0.15) is 61.5 Å². The number of carbonyl (C=O) groups is 1. The minimum atomic E-state index is -3.78. The lowest BCUT2D eigenvalue weighted by molar-refractivity contribution is 0.0918. The van der Waals surface area contributed by atoms with E-state index in [0.717, 1.165) is 38.5 Å². The van der Waals surface area contributed by atoms with Crippen LogP contribution in [0.15, 0.2) is 17.2 Å². The summed E-state index contributed by atoms with van der Waals surface area (Å²) in [7, 11) is -3.78. The van der Waals surface area contributed by atoms with Gasteiger partial charge < -0.3 is 9.88 Å². The van der Waals surface area contributed by atoms with Gasteiger partial charge in [-0.1, -0.05) is 19.3 Å². The molecular weight excluding hydrogens is 290 g/mol. The minimum Gasteiger partial charge on any atom is -0.348 e. The first kappa shape index (κ1) is 14.6. The summed E-state index contributed by atoms with van der Waals surface area (Å²) in [6.45, 7) is 0. The molecule has 1 aromatic rings. The lowest BCUT2D eigenvalue weighted by Crippen LogP contribution is -2.37. The minimum absolute atomic E-state index is 0.0168. The smallest absolute Gasteiger partial charge is 0.268 e. The average molecular weight is 311 g/mol. The molecule has 7 heteroatoms. The molecule has 0 spiro atoms. The number of sulfonamides is 1. The van der Waals surface area contributed by atoms with Gasteiger partial charge in [-0.15, -0.1) is 0 Å². The molecule has 2 fully saturated rings. The molecule has 0 bridgehead atoms. The van der Waals surface area contributed by atoms with Crippen LogP contribution >= 0.6 is 0 Å². The van der Waals surface area contributed by atoms with Crippen LogP contribution in [0.3, 0.4) is 0 Å². The van der Waals surface area contributed by atoms with Crippen molar-refractivity contribution in [3.63, 3.8) is 0 Å². The van der Waals surface area contributed by atoms with Crippen molar-refractivity contribution in [3.8, 4) is 0 Å². The topological polar surface area (TPSA) is 94.2 Å². The van der Waals surface area contributed by atoms with Crippen molar-refractivity contribution < 1.29 is 13.2 Å². The lowest BCUT2D eigenvalue weighted by Gasteiger charge is -2.23. The molecule has 3 rings (SSSR count). The Kier molecular flexibility index (Phi) is 3.79. The van der Waals surface area contributed by atoms with Gasteiger partial charge in [0.15, 0.2) is 0 Å². The van der Waals surface area contributed by atoms with Crippen molar-refractivity contribution in [1.29, 1.82) is 0 Å². The third-order valence-electron chi connectivity index (χ3n) is 4.27. The molecule has 2 aliphatic carbocycles. The van der Waals surface area contributed by atoms with Gasteiger partial charge in [0.05, 0.1) is 0 Å². The van der Waals surface area contributed by atoms with E-state index < -0.39 is 10.0 Å². The summed E-state index contributed by atoms with van der Waals surface area (Å²) in [4.78, 5) is 12.5. The second-order valence-electron chi connectivity index (χ2n) is 6.05. The van der Waals surface area contributed by atoms with Gasteiger partial charge in [0, 0.05) is 18.3 Å². The van der Waals surface area contributed by atoms with E-state index in [0.29, 0.717) is 5.69 Å². The molecular formula is C14H21N3O3S. The van der Waals surface area contributed by atoms with Crippen LogP contribution in [-0.4, -0.2) is 24.9 Å². The Morgan fingerprint density at radius 1 is 1.19 bits per heavy atom. The van der Waals surface area contributed by atoms with E-state index >= 15 is 0 Å². The molecule has 2 saturated carbocycles. The highest BCUT2D eigenvalue weighted by Gasteiger charge is 2.30. The van der Waals surface area contributed by atoms with Crippen LogP contribution in [0, 0.1) is 0 Å². The maximum absolute atomic E-state index is 12.4. The van der Waals surface area contributed by atoms with Crippen LogP contribution in [0.2, 0.25) is 0 Å². The summed E-state index contributed by atoms with van der Waals surface area (Å²) in [5.74, 6) is -0.191. The van der Waals surface area contributed by atoms with Crippen LogP contribution < -0.4 is 10.5 Å². The highest BCUT2D eigenvalue weighted by Crippen LogP contribution is 2.37. The Labute approximate surface area is 124 Å². The summed E-state index contributed by atoms with van der Waals surface area (Å²) in [6.07, 6.45) is 8.93. The number of nitrogens with zero attached hydrogens (tertiary/aromatic N) is 1. The van der Waals surface area contributed by atoms with Crippen molar-refractivity contribution in [3.05, 3.63) is 18.0 Å². The van der Waals surface area contributed by atoms with E-state index in [-0.39, 0.29) is 22.9 Å². The predicted octanol–water partition coefficient (Wildman–Crippen LogP) is 1.53. The highest BCUT2D eigenvalue weighted by atomic mass is 32.2. The first-order chi connectivity index (χ1) is 9.95. The van der Waals surface area contributed by atoms with Gasteiger partial charge >= 0.3 is 0 Å². The zero-order chi connectivity index (χ0) is 15.0. The van der Waals surface area contributed by atoms with E-state index in [2.05, 4.69) is 5.32 Å². The van der Waals surface area contributed by atoms with Crippen LogP contribution in [0.5, 0.6) is 0 Å². The van der Waals surface area contributed by atoms with E-state index in [1.54, 1.807) is 4.57 Å². The van der Waals surface area contributed by atoms with E-state index in [4.69, 9.17) is 5.14 Å². The number of rotatable bonds is 4. The molecule has 0 aliphatic heterocycles. The van der Waals surface area contributed by atoms with E-state index in [1.807, 2.05) is 0 Å². The van der Waals surface area contributed by atoms with Crippen LogP contribution in [0.25, 0.3) is 0 Å². The SMILES string of the molecule is NS(=O)(=O)c1cc(C(=O)NC2CCCCC2)n(C2CC2)c1. The molecule has 0 unspecified atom stereocenters. The molecule has 3 N–H and O–H groups in total. The van der Waals surface area contributed by atoms with Gasteiger partial charge in [0.2, 0.25) is 10.0 Å². The quantitative estimate of drug-likeness (QED) is 0.883. The Hall–Kier alpha value is -1.34. The summed E-state index contributed by atoms with van der Waals surface area (Å²) in [6, 6.07) is 1.82. The van der Waals surface area contributed by atoms with Gasteiger partial charge in [-0.05, 0) is 31.7 Å². The number of nitrogens with one attached hydrogen (secondary N) is 1. The molecule has 1 amide bonds. The molecule has 6 nitrogen and oxygen atoms in total. The Morgan fingerprint density at radius 3 is 2.43 bits per heavy atom. The standard InChI is InChI=1S/C14H21N3O3S/c15-21(19,20)12-8-13(17(9-12)11-6-7-11)14(18)16-10-4-2-1-3-5-10/h8-11H,1-7H2,(H,16,18)(H2,15,19,20). The van der Waals surface area contributed by atoms with Crippen molar-refractivity contribution in [1.82, 2.24) is 9.88 Å². The summed E-state index contributed by atoms with van der Waals surface area (Å²) in [5.41, 5.74) is 0.409. The summed E-state index contributed by atoms with van der Waals surface area (Å²) < 4.78 is 24.7. The molecule has 1 aromatic heterocycles. The van der Waals surface area contributed by atoms with Crippen molar-refractivity contribution in [2.75, 3.05) is 0 Å². The molecule has 21 heavy (non-hydrogen) atoms. The van der Waals surface area contributed by atoms with Crippen molar-refractivity contribution in [2.24, 2.45) is 5.14 Å². The third-order valence-corrected chi connectivity index (χ3v) is 5.15. The van der Waals surface area contributed by atoms with Crippen molar-refractivity contribution in [2.45, 2.75) is 61.9 Å². The number of nitrogens with two attached hydrogens (primary N) is 1. The number of amides is 1. The molecule has 1 heterocycles. The van der Waals surface area contributed by atoms with Gasteiger partial charge in [-0.2, -0.15) is 0 Å². The fraction of sp³-hybridized carbons (Fsp3) is 0.643. The average Bonchev–Trinajstić information content (AvgIpc) is 3.16. The Morgan fingerprint density at radius 2 is 1.86 bits per heavy atom. The normalized spacial score (nSPS) is 20.4. The lowest BCUT2D eigenvalue weighted by atomic mass is 9.95. The first-order valence-electron chi connectivity index (χ1n) is 7.50. The highest BCUT2D eigenvalue weighted by molar-refractivity contribution is 7.89. The predicted molar refractivity (Wildman–Crippen MR) is 78.4 cm³/mol. The molecule has 0 aromatic carbocycles. The fourth-order valence-electron chi connectivity index (χ4n) is 2.95. The number of hydrogen-bond donors (Lipinski definition) is 2. The molecule has 2 aliphatic rings. The van der Waals surface area contributed by atoms with Gasteiger partial charge in [-0.25, -0.2) is 13.6 Å². The zero-order valence-electron chi connectivity index (χ0n) is 11.9. The Bertz CT molecular complexity index is 640. The first-order valence-corrected chi connectivity index (χ1v) is 9.05. The van der Waals surface area contributed by atoms with E-state index in [1.165, 1.54) is 18.7 Å². The maximum Gasteiger partial charge on any atom is 0.268 e. The molecule has 0 saturated heterocycles. The summed E-state index contributed by atoms with van der Waals surface area (Å²) in [5, 5.41) is 8.20. The second-order valence-corrected chi connectivity index (χ2v) is 7.61. The van der Waals surface area contributed by atoms with Crippen LogP contribution in [-0.2, 0) is 10.0 Å². The zero-order valence-corrected chi connectivity index (χ0v) is 12.7. The monoisotopic (exact) mass is 311 g/mol. The van der Waals surface area contributed by atoms with Crippen molar-refractivity contribution >= 4 is 15.9 Å². The number of carbonyl (C=O) groups excluding carboxylic acids is 1.